The maximum atomic E-state index is 12.2. The molecule has 7 heteroatoms. The number of hydrogen-bond acceptors (Lipinski definition) is 5. The summed E-state index contributed by atoms with van der Waals surface area (Å²) in [5.41, 5.74) is 3.75. The van der Waals surface area contributed by atoms with E-state index in [-0.39, 0.29) is 12.5 Å². The fourth-order valence-corrected chi connectivity index (χ4v) is 3.06. The Morgan fingerprint density at radius 2 is 1.89 bits per heavy atom. The number of nitrogens with one attached hydrogen (secondary N) is 1. The molecule has 0 heterocycles. The molecule has 0 bridgehead atoms. The van der Waals surface area contributed by atoms with Crippen LogP contribution in [-0.4, -0.2) is 31.9 Å². The smallest absolute Gasteiger partial charge is 0.271 e. The van der Waals surface area contributed by atoms with Crippen molar-refractivity contribution < 1.29 is 19.0 Å². The zero-order valence-corrected chi connectivity index (χ0v) is 17.9. The number of carbonyl (C=O) groups excluding carboxylic acids is 1. The molecule has 1 amide bonds. The lowest BCUT2D eigenvalue weighted by atomic mass is 10.2. The van der Waals surface area contributed by atoms with Crippen LogP contribution in [0.1, 0.15) is 29.8 Å². The number of hydrogen-bond donors (Lipinski definition) is 1. The Bertz CT molecular complexity index is 873. The first kappa shape index (κ1) is 21.6. The zero-order valence-electron chi connectivity index (χ0n) is 15.7. The molecule has 0 unspecified atom stereocenters. The van der Waals surface area contributed by atoms with E-state index in [0.717, 1.165) is 9.13 Å². The van der Waals surface area contributed by atoms with E-state index in [4.69, 9.17) is 20.6 Å². The number of hydrazone groups is 1. The van der Waals surface area contributed by atoms with Crippen LogP contribution in [0.3, 0.4) is 0 Å². The second-order valence-electron chi connectivity index (χ2n) is 5.41. The second-order valence-corrected chi connectivity index (χ2v) is 6.57. The summed E-state index contributed by atoms with van der Waals surface area (Å²) in [7, 11) is 0. The molecule has 2 aromatic carbocycles. The molecule has 0 saturated heterocycles. The van der Waals surface area contributed by atoms with E-state index < -0.39 is 0 Å². The molecular formula is C21H21IN2O4. The molecule has 0 aliphatic heterocycles. The number of benzene rings is 2. The van der Waals surface area contributed by atoms with Crippen LogP contribution in [0.15, 0.2) is 41.5 Å². The molecule has 6 nitrogen and oxygen atoms in total. The highest BCUT2D eigenvalue weighted by atomic mass is 127. The molecule has 0 aromatic heterocycles. The molecule has 146 valence electrons. The number of amides is 1. The van der Waals surface area contributed by atoms with E-state index in [0.29, 0.717) is 36.0 Å². The second kappa shape index (κ2) is 11.2. The minimum absolute atomic E-state index is 0.154. The lowest BCUT2D eigenvalue weighted by Crippen LogP contribution is -2.17. The van der Waals surface area contributed by atoms with Crippen molar-refractivity contribution >= 4 is 34.7 Å². The van der Waals surface area contributed by atoms with Crippen molar-refractivity contribution in [3.05, 3.63) is 51.1 Å². The number of rotatable bonds is 9. The van der Waals surface area contributed by atoms with E-state index in [1.54, 1.807) is 36.5 Å². The molecule has 0 aliphatic carbocycles. The van der Waals surface area contributed by atoms with Crippen molar-refractivity contribution in [2.24, 2.45) is 5.10 Å². The van der Waals surface area contributed by atoms with Gasteiger partial charge in [-0.05, 0) is 78.4 Å². The number of halogens is 1. The van der Waals surface area contributed by atoms with Crippen LogP contribution >= 0.6 is 22.6 Å². The van der Waals surface area contributed by atoms with Crippen molar-refractivity contribution in [1.29, 1.82) is 0 Å². The van der Waals surface area contributed by atoms with Crippen molar-refractivity contribution in [2.45, 2.75) is 13.8 Å². The van der Waals surface area contributed by atoms with E-state index in [9.17, 15) is 4.79 Å². The Morgan fingerprint density at radius 3 is 2.54 bits per heavy atom. The van der Waals surface area contributed by atoms with Gasteiger partial charge in [0.2, 0.25) is 0 Å². The van der Waals surface area contributed by atoms with Crippen molar-refractivity contribution in [2.75, 3.05) is 19.8 Å². The maximum absolute atomic E-state index is 12.2. The fraction of sp³-hybridized carbons (Fsp3) is 0.238. The molecule has 0 fully saturated rings. The highest BCUT2D eigenvalue weighted by Crippen LogP contribution is 2.33. The summed E-state index contributed by atoms with van der Waals surface area (Å²) in [6, 6.07) is 10.5. The van der Waals surface area contributed by atoms with Gasteiger partial charge in [-0.3, -0.25) is 4.79 Å². The number of ether oxygens (including phenoxy) is 3. The van der Waals surface area contributed by atoms with Gasteiger partial charge in [0.25, 0.3) is 5.91 Å². The van der Waals surface area contributed by atoms with Gasteiger partial charge in [0.15, 0.2) is 11.5 Å². The number of nitrogens with zero attached hydrogens (tertiary/aromatic N) is 1. The Kier molecular flexibility index (Phi) is 8.62. The minimum Gasteiger partial charge on any atom is -0.494 e. The van der Waals surface area contributed by atoms with Gasteiger partial charge < -0.3 is 14.2 Å². The standard InChI is InChI=1S/C21H21IN2O4/c1-4-11-28-20-18(22)12-15(13-19(20)27-6-3)14-23-24-21(25)16-7-9-17(10-8-16)26-5-2/h1,7-10,12-14H,5-6,11H2,2-3H3,(H,24,25)/b23-14-. The predicted molar refractivity (Wildman–Crippen MR) is 117 cm³/mol. The average Bonchev–Trinajstić information content (AvgIpc) is 2.68. The third kappa shape index (κ3) is 6.16. The molecule has 2 aromatic rings. The van der Waals surface area contributed by atoms with E-state index >= 15 is 0 Å². The average molecular weight is 492 g/mol. The third-order valence-electron chi connectivity index (χ3n) is 3.44. The van der Waals surface area contributed by atoms with Crippen LogP contribution in [0.2, 0.25) is 0 Å². The third-order valence-corrected chi connectivity index (χ3v) is 4.24. The molecule has 0 radical (unpaired) electrons. The first-order chi connectivity index (χ1) is 13.6. The summed E-state index contributed by atoms with van der Waals surface area (Å²) in [5, 5.41) is 4.02. The lowest BCUT2D eigenvalue weighted by molar-refractivity contribution is 0.0955. The van der Waals surface area contributed by atoms with Gasteiger partial charge in [-0.25, -0.2) is 5.43 Å². The predicted octanol–water partition coefficient (Wildman–Crippen LogP) is 3.86. The van der Waals surface area contributed by atoms with E-state index in [1.807, 2.05) is 19.9 Å². The van der Waals surface area contributed by atoms with Crippen LogP contribution in [0.25, 0.3) is 0 Å². The summed E-state index contributed by atoms with van der Waals surface area (Å²) >= 11 is 2.14. The highest BCUT2D eigenvalue weighted by molar-refractivity contribution is 14.1. The van der Waals surface area contributed by atoms with E-state index in [2.05, 4.69) is 39.0 Å². The Morgan fingerprint density at radius 1 is 1.18 bits per heavy atom. The first-order valence-corrected chi connectivity index (χ1v) is 9.75. The van der Waals surface area contributed by atoms with Crippen LogP contribution in [0.4, 0.5) is 0 Å². The summed E-state index contributed by atoms with van der Waals surface area (Å²) in [4.78, 5) is 12.2. The van der Waals surface area contributed by atoms with Gasteiger partial charge in [-0.2, -0.15) is 5.10 Å². The number of terminal acetylenes is 1. The van der Waals surface area contributed by atoms with Gasteiger partial charge >= 0.3 is 0 Å². The van der Waals surface area contributed by atoms with Crippen LogP contribution in [0.5, 0.6) is 17.2 Å². The van der Waals surface area contributed by atoms with Crippen LogP contribution in [-0.2, 0) is 0 Å². The summed E-state index contributed by atoms with van der Waals surface area (Å²) in [5.74, 6) is 4.01. The quantitative estimate of drug-likeness (QED) is 0.250. The zero-order chi connectivity index (χ0) is 20.4. The Labute approximate surface area is 178 Å². The maximum Gasteiger partial charge on any atom is 0.271 e. The highest BCUT2D eigenvalue weighted by Gasteiger charge is 2.11. The SMILES string of the molecule is C#CCOc1c(I)cc(/C=N\NC(=O)c2ccc(OCC)cc2)cc1OCC. The molecule has 0 saturated carbocycles. The lowest BCUT2D eigenvalue weighted by Gasteiger charge is -2.13. The summed E-state index contributed by atoms with van der Waals surface area (Å²) < 4.78 is 17.4. The first-order valence-electron chi connectivity index (χ1n) is 8.67. The van der Waals surface area contributed by atoms with Gasteiger partial charge in [0.05, 0.1) is 23.0 Å². The monoisotopic (exact) mass is 492 g/mol. The largest absolute Gasteiger partial charge is 0.494 e. The summed E-state index contributed by atoms with van der Waals surface area (Å²) in [6.07, 6.45) is 6.80. The molecule has 28 heavy (non-hydrogen) atoms. The van der Waals surface area contributed by atoms with Gasteiger partial charge in [0.1, 0.15) is 12.4 Å². The molecule has 1 N–H and O–H groups in total. The molecule has 0 aliphatic rings. The molecule has 0 atom stereocenters. The van der Waals surface area contributed by atoms with Gasteiger partial charge in [-0.1, -0.05) is 5.92 Å². The summed E-state index contributed by atoms with van der Waals surface area (Å²) in [6.45, 7) is 5.00. The molecular weight excluding hydrogens is 471 g/mol. The van der Waals surface area contributed by atoms with Crippen molar-refractivity contribution in [1.82, 2.24) is 5.43 Å². The topological polar surface area (TPSA) is 69.2 Å². The number of carbonyl (C=O) groups is 1. The Hall–Kier alpha value is -2.73. The molecule has 0 spiro atoms. The minimum atomic E-state index is -0.312. The van der Waals surface area contributed by atoms with Crippen molar-refractivity contribution in [3.8, 4) is 29.6 Å². The molecule has 2 rings (SSSR count). The van der Waals surface area contributed by atoms with Gasteiger partial charge in [-0.15, -0.1) is 6.42 Å². The van der Waals surface area contributed by atoms with Crippen molar-refractivity contribution in [3.63, 3.8) is 0 Å². The fourth-order valence-electron chi connectivity index (χ4n) is 2.28. The van der Waals surface area contributed by atoms with Crippen LogP contribution < -0.4 is 19.6 Å². The normalized spacial score (nSPS) is 10.4. The van der Waals surface area contributed by atoms with Gasteiger partial charge in [0, 0.05) is 5.56 Å². The van der Waals surface area contributed by atoms with Crippen LogP contribution in [0, 0.1) is 15.9 Å². The Balaban J connectivity index is 2.08. The van der Waals surface area contributed by atoms with E-state index in [1.165, 1.54) is 0 Å².